The van der Waals surface area contributed by atoms with Crippen LogP contribution >= 0.6 is 0 Å². The summed E-state index contributed by atoms with van der Waals surface area (Å²) in [4.78, 5) is 12.5. The normalized spacial score (nSPS) is 24.8. The maximum Gasteiger partial charge on any atom is 0.150 e. The molecule has 1 aliphatic heterocycles. The molecule has 0 aliphatic carbocycles. The van der Waals surface area contributed by atoms with Gasteiger partial charge in [-0.1, -0.05) is 0 Å². The lowest BCUT2D eigenvalue weighted by Gasteiger charge is -2.20. The number of β-amino-alcohol motifs (C(OH)–C–C–N with tert-alkyl or cyclic N) is 2. The maximum absolute atomic E-state index is 10.6. The van der Waals surface area contributed by atoms with Gasteiger partial charge in [0.25, 0.3) is 0 Å². The molecule has 1 aromatic carbocycles. The van der Waals surface area contributed by atoms with Gasteiger partial charge >= 0.3 is 0 Å². The van der Waals surface area contributed by atoms with Crippen LogP contribution in [-0.4, -0.2) is 41.8 Å². The number of nitrogens with zero attached hydrogens (tertiary/aromatic N) is 1. The van der Waals surface area contributed by atoms with Crippen molar-refractivity contribution in [1.29, 1.82) is 0 Å². The molecule has 0 bridgehead atoms. The van der Waals surface area contributed by atoms with Crippen molar-refractivity contribution in [2.75, 3.05) is 18.0 Å². The SMILES string of the molecule is Cc1cc(C=O)ccc1N1CC(O)C(O)C1. The number of aldehydes is 1. The first kappa shape index (κ1) is 11.1. The molecule has 0 amide bonds. The summed E-state index contributed by atoms with van der Waals surface area (Å²) in [6, 6.07) is 5.40. The predicted octanol–water partition coefficient (Wildman–Crippen LogP) is 0.349. The zero-order chi connectivity index (χ0) is 11.7. The fourth-order valence-electron chi connectivity index (χ4n) is 2.07. The van der Waals surface area contributed by atoms with E-state index in [4.69, 9.17) is 0 Å². The number of anilines is 1. The Hall–Kier alpha value is -1.39. The van der Waals surface area contributed by atoms with Crippen molar-refractivity contribution in [3.63, 3.8) is 0 Å². The van der Waals surface area contributed by atoms with Gasteiger partial charge in [0, 0.05) is 24.3 Å². The number of hydrogen-bond acceptors (Lipinski definition) is 4. The highest BCUT2D eigenvalue weighted by Gasteiger charge is 2.30. The molecule has 1 aliphatic rings. The van der Waals surface area contributed by atoms with E-state index in [1.807, 2.05) is 17.9 Å². The van der Waals surface area contributed by atoms with Crippen molar-refractivity contribution < 1.29 is 15.0 Å². The van der Waals surface area contributed by atoms with Crippen LogP contribution in [0.15, 0.2) is 18.2 Å². The molecular weight excluding hydrogens is 206 g/mol. The number of carbonyl (C=O) groups is 1. The highest BCUT2D eigenvalue weighted by molar-refractivity contribution is 5.77. The summed E-state index contributed by atoms with van der Waals surface area (Å²) in [7, 11) is 0. The van der Waals surface area contributed by atoms with Gasteiger partial charge < -0.3 is 15.1 Å². The average molecular weight is 221 g/mol. The third kappa shape index (κ3) is 1.94. The third-order valence-corrected chi connectivity index (χ3v) is 2.96. The van der Waals surface area contributed by atoms with E-state index >= 15 is 0 Å². The average Bonchev–Trinajstić information content (AvgIpc) is 2.58. The Morgan fingerprint density at radius 1 is 1.31 bits per heavy atom. The molecule has 1 aromatic rings. The molecule has 0 spiro atoms. The molecular formula is C12H15NO3. The van der Waals surface area contributed by atoms with E-state index in [1.54, 1.807) is 12.1 Å². The molecule has 2 N–H and O–H groups in total. The zero-order valence-electron chi connectivity index (χ0n) is 9.13. The van der Waals surface area contributed by atoms with Crippen molar-refractivity contribution in [1.82, 2.24) is 0 Å². The molecule has 1 saturated heterocycles. The van der Waals surface area contributed by atoms with Crippen LogP contribution in [0.3, 0.4) is 0 Å². The Labute approximate surface area is 94.1 Å². The molecule has 0 saturated carbocycles. The second kappa shape index (κ2) is 4.23. The minimum Gasteiger partial charge on any atom is -0.389 e. The molecule has 0 radical (unpaired) electrons. The molecule has 1 fully saturated rings. The largest absolute Gasteiger partial charge is 0.389 e. The minimum absolute atomic E-state index is 0.433. The van der Waals surface area contributed by atoms with Gasteiger partial charge in [0.1, 0.15) is 6.29 Å². The lowest BCUT2D eigenvalue weighted by Crippen LogP contribution is -2.22. The Morgan fingerprint density at radius 2 is 1.94 bits per heavy atom. The second-order valence-corrected chi connectivity index (χ2v) is 4.20. The van der Waals surface area contributed by atoms with E-state index in [0.717, 1.165) is 17.5 Å². The highest BCUT2D eigenvalue weighted by Crippen LogP contribution is 2.25. The van der Waals surface area contributed by atoms with E-state index in [0.29, 0.717) is 18.7 Å². The molecule has 4 heteroatoms. The molecule has 2 atom stereocenters. The predicted molar refractivity (Wildman–Crippen MR) is 60.8 cm³/mol. The Bertz CT molecular complexity index is 395. The summed E-state index contributed by atoms with van der Waals surface area (Å²) in [5, 5.41) is 18.9. The van der Waals surface area contributed by atoms with Crippen LogP contribution in [0.1, 0.15) is 15.9 Å². The van der Waals surface area contributed by atoms with Gasteiger partial charge in [-0.3, -0.25) is 4.79 Å². The summed E-state index contributed by atoms with van der Waals surface area (Å²) in [6.45, 7) is 2.78. The summed E-state index contributed by atoms with van der Waals surface area (Å²) in [5.74, 6) is 0. The van der Waals surface area contributed by atoms with Gasteiger partial charge in [0.15, 0.2) is 0 Å². The number of rotatable bonds is 2. The number of hydrogen-bond donors (Lipinski definition) is 2. The molecule has 2 rings (SSSR count). The van der Waals surface area contributed by atoms with Crippen LogP contribution < -0.4 is 4.90 Å². The smallest absolute Gasteiger partial charge is 0.150 e. The molecule has 86 valence electrons. The standard InChI is InChI=1S/C12H15NO3/c1-8-4-9(7-14)2-3-10(8)13-5-11(15)12(16)6-13/h2-4,7,11-12,15-16H,5-6H2,1H3. The van der Waals surface area contributed by atoms with Gasteiger partial charge in [-0.2, -0.15) is 0 Å². The van der Waals surface area contributed by atoms with Crippen LogP contribution in [0.4, 0.5) is 5.69 Å². The zero-order valence-corrected chi connectivity index (χ0v) is 9.13. The lowest BCUT2D eigenvalue weighted by atomic mass is 10.1. The maximum atomic E-state index is 10.6. The quantitative estimate of drug-likeness (QED) is 0.707. The summed E-state index contributed by atoms with van der Waals surface area (Å²) >= 11 is 0. The molecule has 1 heterocycles. The Balaban J connectivity index is 2.25. The van der Waals surface area contributed by atoms with Crippen molar-refractivity contribution in [2.45, 2.75) is 19.1 Å². The number of carbonyl (C=O) groups excluding carboxylic acids is 1. The first-order valence-electron chi connectivity index (χ1n) is 5.28. The highest BCUT2D eigenvalue weighted by atomic mass is 16.3. The molecule has 0 aromatic heterocycles. The van der Waals surface area contributed by atoms with Gasteiger partial charge in [-0.15, -0.1) is 0 Å². The molecule has 2 unspecified atom stereocenters. The van der Waals surface area contributed by atoms with Gasteiger partial charge in [-0.25, -0.2) is 0 Å². The van der Waals surface area contributed by atoms with E-state index in [2.05, 4.69) is 0 Å². The van der Waals surface area contributed by atoms with Crippen LogP contribution in [0.5, 0.6) is 0 Å². The van der Waals surface area contributed by atoms with Gasteiger partial charge in [-0.05, 0) is 30.7 Å². The Morgan fingerprint density at radius 3 is 2.44 bits per heavy atom. The second-order valence-electron chi connectivity index (χ2n) is 4.20. The topological polar surface area (TPSA) is 60.8 Å². The Kier molecular flexibility index (Phi) is 2.94. The number of aliphatic hydroxyl groups is 2. The van der Waals surface area contributed by atoms with Crippen molar-refractivity contribution in [3.8, 4) is 0 Å². The first-order chi connectivity index (χ1) is 7.61. The fourth-order valence-corrected chi connectivity index (χ4v) is 2.07. The summed E-state index contributed by atoms with van der Waals surface area (Å²) < 4.78 is 0. The van der Waals surface area contributed by atoms with Crippen molar-refractivity contribution in [3.05, 3.63) is 29.3 Å². The van der Waals surface area contributed by atoms with Crippen molar-refractivity contribution in [2.24, 2.45) is 0 Å². The van der Waals surface area contributed by atoms with Crippen molar-refractivity contribution >= 4 is 12.0 Å². The van der Waals surface area contributed by atoms with Crippen LogP contribution in [0.25, 0.3) is 0 Å². The van der Waals surface area contributed by atoms with Gasteiger partial charge in [0.05, 0.1) is 12.2 Å². The number of benzene rings is 1. The lowest BCUT2D eigenvalue weighted by molar-refractivity contribution is 0.0572. The fraction of sp³-hybridized carbons (Fsp3) is 0.417. The van der Waals surface area contributed by atoms with E-state index in [9.17, 15) is 15.0 Å². The van der Waals surface area contributed by atoms with E-state index in [-0.39, 0.29) is 0 Å². The van der Waals surface area contributed by atoms with Gasteiger partial charge in [0.2, 0.25) is 0 Å². The van der Waals surface area contributed by atoms with Crippen LogP contribution in [0.2, 0.25) is 0 Å². The van der Waals surface area contributed by atoms with Crippen LogP contribution in [-0.2, 0) is 0 Å². The molecule has 4 nitrogen and oxygen atoms in total. The number of aryl methyl sites for hydroxylation is 1. The molecule has 16 heavy (non-hydrogen) atoms. The first-order valence-corrected chi connectivity index (χ1v) is 5.28. The van der Waals surface area contributed by atoms with E-state index in [1.165, 1.54) is 0 Å². The summed E-state index contributed by atoms with van der Waals surface area (Å²) in [6.07, 6.45) is -0.569. The van der Waals surface area contributed by atoms with E-state index < -0.39 is 12.2 Å². The minimum atomic E-state index is -0.690. The third-order valence-electron chi connectivity index (χ3n) is 2.96. The summed E-state index contributed by atoms with van der Waals surface area (Å²) in [5.41, 5.74) is 2.58. The van der Waals surface area contributed by atoms with Crippen LogP contribution in [0, 0.1) is 6.92 Å². The monoisotopic (exact) mass is 221 g/mol. The number of aliphatic hydroxyl groups excluding tert-OH is 2.